The Morgan fingerprint density at radius 2 is 2.20 bits per heavy atom. The molecule has 1 aliphatic heterocycles. The highest BCUT2D eigenvalue weighted by molar-refractivity contribution is 6.20. The summed E-state index contributed by atoms with van der Waals surface area (Å²) in [6.45, 7) is 0. The molecule has 0 aromatic carbocycles. The Bertz CT molecular complexity index is 615. The highest BCUT2D eigenvalue weighted by atomic mass is 35.5. The Balaban J connectivity index is 1.65. The van der Waals surface area contributed by atoms with Gasteiger partial charge in [-0.25, -0.2) is 9.67 Å². The Labute approximate surface area is 122 Å². The molecule has 0 spiro atoms. The number of halogens is 1. The summed E-state index contributed by atoms with van der Waals surface area (Å²) in [5.41, 5.74) is 0. The van der Waals surface area contributed by atoms with Crippen LogP contribution in [-0.2, 0) is 0 Å². The lowest BCUT2D eigenvalue weighted by atomic mass is 9.91. The molecule has 2 heterocycles. The zero-order valence-electron chi connectivity index (χ0n) is 11.1. The van der Waals surface area contributed by atoms with E-state index in [9.17, 15) is 4.79 Å². The number of carbonyl (C=O) groups is 1. The number of nitrogens with zero attached hydrogens (tertiary/aromatic N) is 3. The van der Waals surface area contributed by atoms with Crippen molar-refractivity contribution < 1.29 is 4.79 Å². The number of Topliss-reactive ketones (excluding diaryl/α,β-unsaturated/α-hetero) is 1. The maximum atomic E-state index is 12.1. The van der Waals surface area contributed by atoms with Crippen LogP contribution in [0.4, 0.5) is 0 Å². The van der Waals surface area contributed by atoms with E-state index in [1.54, 1.807) is 0 Å². The van der Waals surface area contributed by atoms with Crippen LogP contribution in [0.1, 0.15) is 53.5 Å². The molecule has 0 radical (unpaired) electrons. The second kappa shape index (κ2) is 4.55. The summed E-state index contributed by atoms with van der Waals surface area (Å²) in [5, 5.41) is 4.34. The molecule has 3 aliphatic rings. The van der Waals surface area contributed by atoms with Crippen LogP contribution in [0.25, 0.3) is 0 Å². The SMILES string of the molecule is O=C(c1nc2n(n1)[C@H](C1C=CC=CC1)C[C@H]2Cl)C1CC1. The second-order valence-corrected chi connectivity index (χ2v) is 6.39. The molecule has 1 unspecified atom stereocenters. The van der Waals surface area contributed by atoms with Gasteiger partial charge in [0.2, 0.25) is 11.6 Å². The van der Waals surface area contributed by atoms with Crippen molar-refractivity contribution in [1.82, 2.24) is 14.8 Å². The van der Waals surface area contributed by atoms with Crippen LogP contribution in [0, 0.1) is 11.8 Å². The highest BCUT2D eigenvalue weighted by Gasteiger charge is 2.39. The lowest BCUT2D eigenvalue weighted by Crippen LogP contribution is -2.17. The molecule has 5 heteroatoms. The lowest BCUT2D eigenvalue weighted by molar-refractivity contribution is 0.0956. The van der Waals surface area contributed by atoms with Crippen molar-refractivity contribution in [3.8, 4) is 0 Å². The van der Waals surface area contributed by atoms with Gasteiger partial charge in [-0.05, 0) is 25.7 Å². The van der Waals surface area contributed by atoms with Gasteiger partial charge in [-0.3, -0.25) is 4.79 Å². The minimum Gasteiger partial charge on any atom is -0.290 e. The maximum Gasteiger partial charge on any atom is 0.217 e. The molecule has 20 heavy (non-hydrogen) atoms. The van der Waals surface area contributed by atoms with Gasteiger partial charge in [-0.2, -0.15) is 0 Å². The Kier molecular flexibility index (Phi) is 2.81. The Hall–Kier alpha value is -1.42. The smallest absolute Gasteiger partial charge is 0.217 e. The van der Waals surface area contributed by atoms with Crippen LogP contribution in [0.5, 0.6) is 0 Å². The van der Waals surface area contributed by atoms with Crippen molar-refractivity contribution in [2.75, 3.05) is 0 Å². The highest BCUT2D eigenvalue weighted by Crippen LogP contribution is 2.43. The monoisotopic (exact) mass is 289 g/mol. The molecule has 1 fully saturated rings. The minimum absolute atomic E-state index is 0.0913. The first-order valence-electron chi connectivity index (χ1n) is 7.22. The van der Waals surface area contributed by atoms with Crippen molar-refractivity contribution >= 4 is 17.4 Å². The molecule has 3 atom stereocenters. The number of fused-ring (bicyclic) bond motifs is 1. The van der Waals surface area contributed by atoms with Gasteiger partial charge in [-0.1, -0.05) is 24.3 Å². The van der Waals surface area contributed by atoms with E-state index in [4.69, 9.17) is 11.6 Å². The first-order chi connectivity index (χ1) is 9.74. The van der Waals surface area contributed by atoms with Crippen LogP contribution in [-0.4, -0.2) is 20.5 Å². The number of aromatic nitrogens is 3. The molecule has 104 valence electrons. The normalized spacial score (nSPS) is 31.6. The number of allylic oxidation sites excluding steroid dienone is 4. The predicted octanol–water partition coefficient (Wildman–Crippen LogP) is 3.23. The summed E-state index contributed by atoms with van der Waals surface area (Å²) in [6.07, 6.45) is 12.3. The molecule has 2 aliphatic carbocycles. The molecule has 4 rings (SSSR count). The maximum absolute atomic E-state index is 12.1. The zero-order valence-corrected chi connectivity index (χ0v) is 11.8. The molecule has 1 aromatic heterocycles. The first-order valence-corrected chi connectivity index (χ1v) is 7.65. The van der Waals surface area contributed by atoms with Crippen molar-refractivity contribution in [2.45, 2.75) is 37.1 Å². The van der Waals surface area contributed by atoms with E-state index in [0.717, 1.165) is 31.5 Å². The van der Waals surface area contributed by atoms with Gasteiger partial charge in [-0.15, -0.1) is 16.7 Å². The van der Waals surface area contributed by atoms with Crippen LogP contribution < -0.4 is 0 Å². The van der Waals surface area contributed by atoms with E-state index in [-0.39, 0.29) is 23.1 Å². The summed E-state index contributed by atoms with van der Waals surface area (Å²) in [5.74, 6) is 1.78. The van der Waals surface area contributed by atoms with Gasteiger partial charge < -0.3 is 0 Å². The van der Waals surface area contributed by atoms with Crippen molar-refractivity contribution in [1.29, 1.82) is 0 Å². The average molecular weight is 290 g/mol. The number of rotatable bonds is 3. The van der Waals surface area contributed by atoms with Gasteiger partial charge in [0, 0.05) is 11.8 Å². The van der Waals surface area contributed by atoms with Crippen LogP contribution >= 0.6 is 11.6 Å². The molecular formula is C15H16ClN3O. The molecule has 1 aromatic rings. The van der Waals surface area contributed by atoms with Crippen LogP contribution in [0.15, 0.2) is 24.3 Å². The van der Waals surface area contributed by atoms with Crippen molar-refractivity contribution in [2.24, 2.45) is 11.8 Å². The van der Waals surface area contributed by atoms with E-state index >= 15 is 0 Å². The van der Waals surface area contributed by atoms with Crippen molar-refractivity contribution in [3.05, 3.63) is 36.0 Å². The fourth-order valence-electron chi connectivity index (χ4n) is 3.08. The van der Waals surface area contributed by atoms with Crippen LogP contribution in [0.2, 0.25) is 0 Å². The van der Waals surface area contributed by atoms with E-state index < -0.39 is 0 Å². The number of ketones is 1. The predicted molar refractivity (Wildman–Crippen MR) is 75.7 cm³/mol. The van der Waals surface area contributed by atoms with Gasteiger partial charge in [0.05, 0.1) is 11.4 Å². The molecule has 0 N–H and O–H groups in total. The summed E-state index contributed by atoms with van der Waals surface area (Å²) in [7, 11) is 0. The molecular weight excluding hydrogens is 274 g/mol. The fourth-order valence-corrected chi connectivity index (χ4v) is 3.42. The molecule has 4 nitrogen and oxygen atoms in total. The van der Waals surface area contributed by atoms with Gasteiger partial charge in [0.1, 0.15) is 5.82 Å². The average Bonchev–Trinajstić information content (AvgIpc) is 3.15. The standard InChI is InChI=1S/C15H16ClN3O/c16-11-8-12(9-4-2-1-3-5-9)19-15(11)17-14(18-19)13(20)10-6-7-10/h1-4,9-12H,5-8H2/t9?,11-,12+/m1/s1. The summed E-state index contributed by atoms with van der Waals surface area (Å²) < 4.78 is 1.90. The number of hydrogen-bond donors (Lipinski definition) is 0. The van der Waals surface area contributed by atoms with Gasteiger partial charge in [0.25, 0.3) is 0 Å². The minimum atomic E-state index is -0.132. The van der Waals surface area contributed by atoms with Gasteiger partial charge >= 0.3 is 0 Å². The zero-order chi connectivity index (χ0) is 13.7. The topological polar surface area (TPSA) is 47.8 Å². The molecule has 0 saturated heterocycles. The molecule has 0 bridgehead atoms. The number of hydrogen-bond acceptors (Lipinski definition) is 3. The summed E-state index contributed by atoms with van der Waals surface area (Å²) in [6, 6.07) is 0.224. The van der Waals surface area contributed by atoms with Crippen LogP contribution in [0.3, 0.4) is 0 Å². The third-order valence-corrected chi connectivity index (χ3v) is 4.75. The Morgan fingerprint density at radius 3 is 2.90 bits per heavy atom. The van der Waals surface area contributed by atoms with Gasteiger partial charge in [0.15, 0.2) is 0 Å². The lowest BCUT2D eigenvalue weighted by Gasteiger charge is -2.21. The third kappa shape index (κ3) is 1.94. The van der Waals surface area contributed by atoms with E-state index in [1.165, 1.54) is 0 Å². The quantitative estimate of drug-likeness (QED) is 0.634. The Morgan fingerprint density at radius 1 is 1.35 bits per heavy atom. The second-order valence-electron chi connectivity index (χ2n) is 5.86. The van der Waals surface area contributed by atoms with E-state index in [2.05, 4.69) is 34.4 Å². The largest absolute Gasteiger partial charge is 0.290 e. The van der Waals surface area contributed by atoms with E-state index in [1.807, 2.05) is 4.68 Å². The van der Waals surface area contributed by atoms with Crippen molar-refractivity contribution in [3.63, 3.8) is 0 Å². The van der Waals surface area contributed by atoms with E-state index in [0.29, 0.717) is 11.7 Å². The number of carbonyl (C=O) groups excluding carboxylic acids is 1. The summed E-state index contributed by atoms with van der Waals surface area (Å²) >= 11 is 6.39. The first kappa shape index (κ1) is 12.3. The summed E-state index contributed by atoms with van der Waals surface area (Å²) in [4.78, 5) is 16.5. The fraction of sp³-hybridized carbons (Fsp3) is 0.533. The molecule has 1 saturated carbocycles. The molecule has 0 amide bonds. The number of alkyl halides is 1. The third-order valence-electron chi connectivity index (χ3n) is 4.38.